The molecular formula is C22H30O5. The Morgan fingerprint density at radius 3 is 2.52 bits per heavy atom. The summed E-state index contributed by atoms with van der Waals surface area (Å²) in [5, 5.41) is 0. The highest BCUT2D eigenvalue weighted by Crippen LogP contribution is 2.62. The van der Waals surface area contributed by atoms with Crippen molar-refractivity contribution in [1.82, 2.24) is 0 Å². The van der Waals surface area contributed by atoms with E-state index in [1.165, 1.54) is 12.0 Å². The Hall–Kier alpha value is -1.14. The van der Waals surface area contributed by atoms with Gasteiger partial charge in [0.05, 0.1) is 13.2 Å². The third-order valence-corrected chi connectivity index (χ3v) is 7.60. The largest absolute Gasteiger partial charge is 0.497 e. The molecule has 0 aromatic heterocycles. The van der Waals surface area contributed by atoms with Gasteiger partial charge in [-0.2, -0.15) is 0 Å². The van der Waals surface area contributed by atoms with Gasteiger partial charge in [-0.05, 0) is 61.6 Å². The molecule has 4 aliphatic heterocycles. The Morgan fingerprint density at radius 2 is 1.78 bits per heavy atom. The van der Waals surface area contributed by atoms with Crippen molar-refractivity contribution in [3.05, 3.63) is 29.8 Å². The first kappa shape index (κ1) is 17.9. The van der Waals surface area contributed by atoms with Crippen molar-refractivity contribution in [2.45, 2.75) is 70.2 Å². The average Bonchev–Trinajstić information content (AvgIpc) is 2.91. The van der Waals surface area contributed by atoms with E-state index in [0.717, 1.165) is 25.0 Å². The minimum Gasteiger partial charge on any atom is -0.497 e. The van der Waals surface area contributed by atoms with Crippen LogP contribution in [-0.4, -0.2) is 24.8 Å². The predicted molar refractivity (Wildman–Crippen MR) is 98.8 cm³/mol. The van der Waals surface area contributed by atoms with Gasteiger partial charge in [0.15, 0.2) is 11.9 Å². The molecule has 0 unspecified atom stereocenters. The SMILES string of the molecule is COc1ccc([C@H]2O[C@@H]3O[C@@]4(C)CC[C@H]5[C@H](C)CC[C@@H]([C@H]2C)[C@@]35OO4)cc1. The Morgan fingerprint density at radius 1 is 1.00 bits per heavy atom. The highest BCUT2D eigenvalue weighted by molar-refractivity contribution is 5.30. The fourth-order valence-corrected chi connectivity index (χ4v) is 6.08. The van der Waals surface area contributed by atoms with Crippen LogP contribution in [0.3, 0.4) is 0 Å². The number of fused-ring (bicyclic) bond motifs is 2. The van der Waals surface area contributed by atoms with Gasteiger partial charge in [-0.1, -0.05) is 26.0 Å². The molecular weight excluding hydrogens is 344 g/mol. The van der Waals surface area contributed by atoms with Crippen LogP contribution in [0, 0.1) is 23.7 Å². The molecule has 27 heavy (non-hydrogen) atoms. The average molecular weight is 374 g/mol. The minimum atomic E-state index is -0.720. The second kappa shape index (κ2) is 6.18. The van der Waals surface area contributed by atoms with Crippen molar-refractivity contribution in [3.63, 3.8) is 0 Å². The molecule has 5 heteroatoms. The molecule has 2 bridgehead atoms. The molecule has 1 aromatic rings. The summed E-state index contributed by atoms with van der Waals surface area (Å²) in [5.41, 5.74) is 0.680. The van der Waals surface area contributed by atoms with Gasteiger partial charge in [-0.3, -0.25) is 0 Å². The summed E-state index contributed by atoms with van der Waals surface area (Å²) in [7, 11) is 1.69. The van der Waals surface area contributed by atoms with Crippen LogP contribution in [0.4, 0.5) is 0 Å². The lowest BCUT2D eigenvalue weighted by Gasteiger charge is -2.60. The fraction of sp³-hybridized carbons (Fsp3) is 0.727. The van der Waals surface area contributed by atoms with Crippen molar-refractivity contribution >= 4 is 0 Å². The molecule has 0 amide bonds. The molecule has 8 atom stereocenters. The lowest BCUT2D eigenvalue weighted by Crippen LogP contribution is -2.69. The molecule has 6 rings (SSSR count). The molecule has 4 saturated heterocycles. The number of benzene rings is 1. The Labute approximate surface area is 161 Å². The quantitative estimate of drug-likeness (QED) is 0.707. The molecule has 4 heterocycles. The number of rotatable bonds is 2. The van der Waals surface area contributed by atoms with Gasteiger partial charge >= 0.3 is 0 Å². The predicted octanol–water partition coefficient (Wildman–Crippen LogP) is 4.62. The second-order valence-electron chi connectivity index (χ2n) is 9.10. The molecule has 1 aromatic carbocycles. The van der Waals surface area contributed by atoms with E-state index in [0.29, 0.717) is 23.7 Å². The zero-order chi connectivity index (χ0) is 18.8. The molecule has 5 aliphatic rings. The lowest BCUT2D eigenvalue weighted by molar-refractivity contribution is -0.571. The van der Waals surface area contributed by atoms with Crippen LogP contribution in [-0.2, 0) is 19.2 Å². The van der Waals surface area contributed by atoms with Crippen LogP contribution < -0.4 is 4.74 Å². The zero-order valence-corrected chi connectivity index (χ0v) is 16.6. The number of hydrogen-bond acceptors (Lipinski definition) is 5. The van der Waals surface area contributed by atoms with Crippen LogP contribution in [0.25, 0.3) is 0 Å². The topological polar surface area (TPSA) is 46.2 Å². The summed E-state index contributed by atoms with van der Waals surface area (Å²) < 4.78 is 18.4. The summed E-state index contributed by atoms with van der Waals surface area (Å²) in [6.45, 7) is 6.61. The monoisotopic (exact) mass is 374 g/mol. The molecule has 0 N–H and O–H groups in total. The Kier molecular flexibility index (Phi) is 4.10. The first-order valence-corrected chi connectivity index (χ1v) is 10.3. The standard InChI is InChI=1S/C22H30O5/c1-13-5-10-18-14(2)19(15-6-8-16(23-4)9-7-15)24-20-22(18)17(13)11-12-21(3,25-20)26-27-22/h6-9,13-14,17-20H,5,10-12H2,1-4H3/t13-,14-,17+,18+,19+,20-,21-,22-/m1/s1. The molecule has 0 radical (unpaired) electrons. The maximum Gasteiger partial charge on any atom is 0.201 e. The van der Waals surface area contributed by atoms with E-state index in [1.54, 1.807) is 7.11 Å². The van der Waals surface area contributed by atoms with Crippen molar-refractivity contribution in [1.29, 1.82) is 0 Å². The zero-order valence-electron chi connectivity index (χ0n) is 16.6. The molecule has 148 valence electrons. The van der Waals surface area contributed by atoms with Crippen LogP contribution >= 0.6 is 0 Å². The smallest absolute Gasteiger partial charge is 0.201 e. The lowest BCUT2D eigenvalue weighted by atomic mass is 9.57. The van der Waals surface area contributed by atoms with Gasteiger partial charge in [0.2, 0.25) is 5.79 Å². The maximum atomic E-state index is 6.65. The first-order chi connectivity index (χ1) is 13.0. The third-order valence-electron chi connectivity index (χ3n) is 7.60. The van der Waals surface area contributed by atoms with E-state index < -0.39 is 11.4 Å². The van der Waals surface area contributed by atoms with E-state index >= 15 is 0 Å². The van der Waals surface area contributed by atoms with Gasteiger partial charge in [0, 0.05) is 12.3 Å². The highest BCUT2D eigenvalue weighted by atomic mass is 17.3. The minimum absolute atomic E-state index is 0.0165. The van der Waals surface area contributed by atoms with E-state index in [1.807, 2.05) is 19.1 Å². The maximum absolute atomic E-state index is 6.65. The first-order valence-electron chi connectivity index (χ1n) is 10.3. The van der Waals surface area contributed by atoms with Crippen LogP contribution in [0.5, 0.6) is 5.75 Å². The number of hydrogen-bond donors (Lipinski definition) is 0. The Bertz CT molecular complexity index is 705. The summed E-state index contributed by atoms with van der Waals surface area (Å²) >= 11 is 0. The van der Waals surface area contributed by atoms with Crippen molar-refractivity contribution < 1.29 is 24.0 Å². The number of methoxy groups -OCH3 is 1. The van der Waals surface area contributed by atoms with E-state index in [-0.39, 0.29) is 12.4 Å². The Balaban J connectivity index is 1.54. The second-order valence-corrected chi connectivity index (χ2v) is 9.10. The normalized spacial score (nSPS) is 48.6. The summed E-state index contributed by atoms with van der Waals surface area (Å²) in [5.74, 6) is 1.81. The molecule has 1 aliphatic carbocycles. The van der Waals surface area contributed by atoms with Crippen LogP contribution in [0.1, 0.15) is 58.1 Å². The summed E-state index contributed by atoms with van der Waals surface area (Å²) in [6, 6.07) is 8.22. The van der Waals surface area contributed by atoms with E-state index in [4.69, 9.17) is 24.0 Å². The van der Waals surface area contributed by atoms with E-state index in [9.17, 15) is 0 Å². The summed E-state index contributed by atoms with van der Waals surface area (Å²) in [4.78, 5) is 12.1. The molecule has 5 fully saturated rings. The third kappa shape index (κ3) is 2.52. The fourth-order valence-electron chi connectivity index (χ4n) is 6.08. The molecule has 1 saturated carbocycles. The molecule has 5 nitrogen and oxygen atoms in total. The van der Waals surface area contributed by atoms with Crippen LogP contribution in [0.15, 0.2) is 24.3 Å². The highest BCUT2D eigenvalue weighted by Gasteiger charge is 2.69. The van der Waals surface area contributed by atoms with Gasteiger partial charge in [0.1, 0.15) is 5.75 Å². The van der Waals surface area contributed by atoms with E-state index in [2.05, 4.69) is 26.0 Å². The van der Waals surface area contributed by atoms with Crippen molar-refractivity contribution in [3.8, 4) is 5.75 Å². The van der Waals surface area contributed by atoms with Crippen LogP contribution in [0.2, 0.25) is 0 Å². The summed E-state index contributed by atoms with van der Waals surface area (Å²) in [6.07, 6.45) is 3.85. The van der Waals surface area contributed by atoms with Crippen molar-refractivity contribution in [2.24, 2.45) is 23.7 Å². The van der Waals surface area contributed by atoms with Gasteiger partial charge < -0.3 is 14.2 Å². The van der Waals surface area contributed by atoms with Gasteiger partial charge in [0.25, 0.3) is 0 Å². The van der Waals surface area contributed by atoms with Gasteiger partial charge in [-0.15, -0.1) is 0 Å². The molecule has 1 spiro atoms. The number of ether oxygens (including phenoxy) is 3. The van der Waals surface area contributed by atoms with Crippen molar-refractivity contribution in [2.75, 3.05) is 7.11 Å². The van der Waals surface area contributed by atoms with Gasteiger partial charge in [-0.25, -0.2) is 9.78 Å².